The van der Waals surface area contributed by atoms with Crippen LogP contribution in [0, 0.1) is 0 Å². The van der Waals surface area contributed by atoms with Crippen molar-refractivity contribution >= 4 is 22.0 Å². The molecule has 128 valence electrons. The quantitative estimate of drug-likeness (QED) is 0.882. The number of anilines is 2. The minimum Gasteiger partial charge on any atom is -0.309 e. The lowest BCUT2D eigenvalue weighted by molar-refractivity contribution is 0.358. The Kier molecular flexibility index (Phi) is 4.74. The molecule has 3 rings (SSSR count). The molecule has 9 heteroatoms. The molecule has 0 unspecified atom stereocenters. The van der Waals surface area contributed by atoms with E-state index >= 15 is 0 Å². The first-order valence-electron chi connectivity index (χ1n) is 7.69. The summed E-state index contributed by atoms with van der Waals surface area (Å²) in [6.07, 6.45) is 4.86. The van der Waals surface area contributed by atoms with Crippen LogP contribution in [-0.4, -0.2) is 52.6 Å². The molecule has 0 aliphatic carbocycles. The number of pyridine rings is 1. The maximum atomic E-state index is 12.5. The van der Waals surface area contributed by atoms with Crippen LogP contribution >= 0.6 is 0 Å². The summed E-state index contributed by atoms with van der Waals surface area (Å²) < 4.78 is 27.7. The smallest absolute Gasteiger partial charge is 0.282 e. The number of nitrogens with one attached hydrogen (secondary N) is 1. The average Bonchev–Trinajstić information content (AvgIpc) is 3.06. The summed E-state index contributed by atoms with van der Waals surface area (Å²) in [5, 5.41) is 3.03. The van der Waals surface area contributed by atoms with Crippen molar-refractivity contribution in [1.82, 2.24) is 23.6 Å². The van der Waals surface area contributed by atoms with Gasteiger partial charge in [-0.3, -0.25) is 0 Å². The summed E-state index contributed by atoms with van der Waals surface area (Å²) in [5.41, 5.74) is 0.686. The molecule has 1 aliphatic rings. The van der Waals surface area contributed by atoms with E-state index in [0.717, 1.165) is 12.8 Å². The summed E-state index contributed by atoms with van der Waals surface area (Å²) >= 11 is 0. The Morgan fingerprint density at radius 1 is 1.21 bits per heavy atom. The Bertz CT molecular complexity index is 797. The van der Waals surface area contributed by atoms with E-state index in [0.29, 0.717) is 24.0 Å². The summed E-state index contributed by atoms with van der Waals surface area (Å²) in [4.78, 5) is 12.8. The monoisotopic (exact) mass is 348 g/mol. The van der Waals surface area contributed by atoms with Gasteiger partial charge in [-0.05, 0) is 31.0 Å². The number of aromatic nitrogens is 3. The summed E-state index contributed by atoms with van der Waals surface area (Å²) in [6.45, 7) is 0.498. The molecule has 2 aromatic rings. The van der Waals surface area contributed by atoms with Gasteiger partial charge in [-0.1, -0.05) is 6.07 Å². The molecule has 0 radical (unpaired) electrons. The van der Waals surface area contributed by atoms with Gasteiger partial charge < -0.3 is 5.32 Å². The Morgan fingerprint density at radius 2 is 2.04 bits per heavy atom. The second-order valence-electron chi connectivity index (χ2n) is 5.70. The maximum absolute atomic E-state index is 12.5. The topological polar surface area (TPSA) is 91.3 Å². The molecule has 1 fully saturated rings. The average molecular weight is 348 g/mol. The SMILES string of the molecule is CN(C)S(=O)(=O)N1CCC[C@H]1c1ccnc(Nc2ccccn2)n1. The van der Waals surface area contributed by atoms with Crippen LogP contribution in [0.5, 0.6) is 0 Å². The van der Waals surface area contributed by atoms with Crippen molar-refractivity contribution in [3.8, 4) is 0 Å². The van der Waals surface area contributed by atoms with Crippen LogP contribution in [-0.2, 0) is 10.2 Å². The Hall–Kier alpha value is -2.10. The van der Waals surface area contributed by atoms with Gasteiger partial charge in [0.05, 0.1) is 11.7 Å². The zero-order chi connectivity index (χ0) is 17.2. The van der Waals surface area contributed by atoms with E-state index in [9.17, 15) is 8.42 Å². The van der Waals surface area contributed by atoms with Crippen molar-refractivity contribution in [2.75, 3.05) is 26.0 Å². The third-order valence-corrected chi connectivity index (χ3v) is 5.84. The number of hydrogen-bond donors (Lipinski definition) is 1. The van der Waals surface area contributed by atoms with Crippen molar-refractivity contribution in [2.45, 2.75) is 18.9 Å². The van der Waals surface area contributed by atoms with Gasteiger partial charge >= 0.3 is 0 Å². The van der Waals surface area contributed by atoms with E-state index < -0.39 is 10.2 Å². The highest BCUT2D eigenvalue weighted by atomic mass is 32.2. The molecule has 1 saturated heterocycles. The third kappa shape index (κ3) is 3.37. The third-order valence-electron chi connectivity index (χ3n) is 3.88. The van der Waals surface area contributed by atoms with Gasteiger partial charge in [0.2, 0.25) is 5.95 Å². The molecule has 0 aromatic carbocycles. The Balaban J connectivity index is 1.85. The molecule has 24 heavy (non-hydrogen) atoms. The highest BCUT2D eigenvalue weighted by molar-refractivity contribution is 7.86. The fourth-order valence-corrected chi connectivity index (χ4v) is 4.01. The maximum Gasteiger partial charge on any atom is 0.282 e. The van der Waals surface area contributed by atoms with Crippen molar-refractivity contribution in [3.05, 3.63) is 42.4 Å². The zero-order valence-electron chi connectivity index (χ0n) is 13.6. The molecular weight excluding hydrogens is 328 g/mol. The van der Waals surface area contributed by atoms with Gasteiger partial charge in [0.15, 0.2) is 0 Å². The molecule has 8 nitrogen and oxygen atoms in total. The minimum atomic E-state index is -3.47. The van der Waals surface area contributed by atoms with E-state index in [1.807, 2.05) is 18.2 Å². The van der Waals surface area contributed by atoms with Crippen molar-refractivity contribution in [1.29, 1.82) is 0 Å². The molecule has 2 aromatic heterocycles. The fourth-order valence-electron chi connectivity index (χ4n) is 2.69. The van der Waals surface area contributed by atoms with Gasteiger partial charge in [0.1, 0.15) is 5.82 Å². The van der Waals surface area contributed by atoms with Gasteiger partial charge in [0, 0.05) is 33.0 Å². The lowest BCUT2D eigenvalue weighted by Gasteiger charge is -2.26. The van der Waals surface area contributed by atoms with Crippen molar-refractivity contribution in [2.24, 2.45) is 0 Å². The molecule has 1 atom stereocenters. The minimum absolute atomic E-state index is 0.273. The summed E-state index contributed by atoms with van der Waals surface area (Å²) in [6, 6.07) is 6.99. The molecule has 0 saturated carbocycles. The largest absolute Gasteiger partial charge is 0.309 e. The predicted molar refractivity (Wildman–Crippen MR) is 90.8 cm³/mol. The summed E-state index contributed by atoms with van der Waals surface area (Å²) in [5.74, 6) is 1.04. The standard InChI is InChI=1S/C15H20N6O2S/c1-20(2)24(22,23)21-11-5-6-13(21)12-8-10-17-15(18-12)19-14-7-3-4-9-16-14/h3-4,7-10,13H,5-6,11H2,1-2H3,(H,16,17,18,19)/t13-/m0/s1. The van der Waals surface area contributed by atoms with E-state index in [4.69, 9.17) is 0 Å². The Morgan fingerprint density at radius 3 is 2.75 bits per heavy atom. The van der Waals surface area contributed by atoms with Gasteiger partial charge in [-0.25, -0.2) is 15.0 Å². The molecule has 0 amide bonds. The van der Waals surface area contributed by atoms with Crippen LogP contribution in [0.1, 0.15) is 24.6 Å². The van der Waals surface area contributed by atoms with Crippen LogP contribution in [0.4, 0.5) is 11.8 Å². The van der Waals surface area contributed by atoms with Crippen LogP contribution in [0.15, 0.2) is 36.7 Å². The van der Waals surface area contributed by atoms with E-state index in [2.05, 4.69) is 20.3 Å². The van der Waals surface area contributed by atoms with Gasteiger partial charge in [0.25, 0.3) is 10.2 Å². The van der Waals surface area contributed by atoms with E-state index in [1.165, 1.54) is 8.61 Å². The first-order valence-corrected chi connectivity index (χ1v) is 9.08. The normalized spacial score (nSPS) is 18.9. The molecule has 0 spiro atoms. The predicted octanol–water partition coefficient (Wildman–Crippen LogP) is 1.56. The second-order valence-corrected chi connectivity index (χ2v) is 7.80. The van der Waals surface area contributed by atoms with Crippen LogP contribution in [0.2, 0.25) is 0 Å². The van der Waals surface area contributed by atoms with Crippen LogP contribution in [0.3, 0.4) is 0 Å². The first-order chi connectivity index (χ1) is 11.5. The fraction of sp³-hybridized carbons (Fsp3) is 0.400. The van der Waals surface area contributed by atoms with E-state index in [-0.39, 0.29) is 6.04 Å². The van der Waals surface area contributed by atoms with Crippen LogP contribution in [0.25, 0.3) is 0 Å². The highest BCUT2D eigenvalue weighted by Crippen LogP contribution is 2.34. The number of hydrogen-bond acceptors (Lipinski definition) is 6. The van der Waals surface area contributed by atoms with E-state index in [1.54, 1.807) is 32.6 Å². The first kappa shape index (κ1) is 16.7. The van der Waals surface area contributed by atoms with Crippen molar-refractivity contribution < 1.29 is 8.42 Å². The number of nitrogens with zero attached hydrogens (tertiary/aromatic N) is 5. The lowest BCUT2D eigenvalue weighted by atomic mass is 10.1. The van der Waals surface area contributed by atoms with Crippen LogP contribution < -0.4 is 5.32 Å². The molecule has 1 N–H and O–H groups in total. The number of rotatable bonds is 5. The second kappa shape index (κ2) is 6.80. The Labute approximate surface area is 141 Å². The highest BCUT2D eigenvalue weighted by Gasteiger charge is 2.37. The molecule has 3 heterocycles. The lowest BCUT2D eigenvalue weighted by Crippen LogP contribution is -2.39. The van der Waals surface area contributed by atoms with Gasteiger partial charge in [-0.15, -0.1) is 0 Å². The van der Waals surface area contributed by atoms with Crippen molar-refractivity contribution in [3.63, 3.8) is 0 Å². The zero-order valence-corrected chi connectivity index (χ0v) is 14.4. The molecular formula is C15H20N6O2S. The van der Waals surface area contributed by atoms with Gasteiger partial charge in [-0.2, -0.15) is 17.0 Å². The molecule has 1 aliphatic heterocycles. The molecule has 0 bridgehead atoms. The summed E-state index contributed by atoms with van der Waals surface area (Å²) in [7, 11) is -0.391.